The highest BCUT2D eigenvalue weighted by Gasteiger charge is 2.17. The standard InChI is InChI=1S/C13H16N2O2/c1-13(2,3)17-12(16)8-10-9-15-7-5-4-6-11(15)14-10/h4-7,9H,8H2,1-3H3. The molecule has 0 saturated heterocycles. The Balaban J connectivity index is 2.11. The fourth-order valence-corrected chi connectivity index (χ4v) is 1.60. The maximum atomic E-state index is 11.6. The number of nitrogens with zero attached hydrogens (tertiary/aromatic N) is 2. The molecule has 0 aromatic carbocycles. The van der Waals surface area contributed by atoms with E-state index in [4.69, 9.17) is 4.74 Å². The van der Waals surface area contributed by atoms with Gasteiger partial charge in [-0.3, -0.25) is 4.79 Å². The van der Waals surface area contributed by atoms with Crippen molar-refractivity contribution in [3.63, 3.8) is 0 Å². The normalized spacial score (nSPS) is 11.7. The van der Waals surface area contributed by atoms with E-state index in [-0.39, 0.29) is 12.4 Å². The lowest BCUT2D eigenvalue weighted by atomic mass is 10.2. The van der Waals surface area contributed by atoms with E-state index in [9.17, 15) is 4.79 Å². The summed E-state index contributed by atoms with van der Waals surface area (Å²) < 4.78 is 7.14. The summed E-state index contributed by atoms with van der Waals surface area (Å²) in [6.07, 6.45) is 3.96. The van der Waals surface area contributed by atoms with E-state index < -0.39 is 5.60 Å². The van der Waals surface area contributed by atoms with Gasteiger partial charge in [0.25, 0.3) is 0 Å². The molecule has 0 aliphatic heterocycles. The Bertz CT molecular complexity index is 505. The number of carbonyl (C=O) groups excluding carboxylic acids is 1. The molecule has 0 N–H and O–H groups in total. The van der Waals surface area contributed by atoms with Gasteiger partial charge in [0.2, 0.25) is 0 Å². The molecule has 2 heterocycles. The van der Waals surface area contributed by atoms with Crippen molar-refractivity contribution in [2.24, 2.45) is 0 Å². The minimum absolute atomic E-state index is 0.207. The van der Waals surface area contributed by atoms with Crippen LogP contribution in [-0.4, -0.2) is 21.0 Å². The van der Waals surface area contributed by atoms with Crippen LogP contribution in [0, 0.1) is 0 Å². The van der Waals surface area contributed by atoms with Gasteiger partial charge in [-0.25, -0.2) is 4.98 Å². The molecular weight excluding hydrogens is 216 g/mol. The van der Waals surface area contributed by atoms with Crippen LogP contribution in [0.4, 0.5) is 0 Å². The molecular formula is C13H16N2O2. The number of ether oxygens (including phenoxy) is 1. The van der Waals surface area contributed by atoms with Crippen LogP contribution in [0.15, 0.2) is 30.6 Å². The third-order valence-electron chi connectivity index (χ3n) is 2.16. The first-order valence-corrected chi connectivity index (χ1v) is 5.58. The summed E-state index contributed by atoms with van der Waals surface area (Å²) in [5.74, 6) is -0.249. The third-order valence-corrected chi connectivity index (χ3v) is 2.16. The number of rotatable bonds is 2. The molecule has 0 atom stereocenters. The number of aromatic nitrogens is 2. The summed E-state index contributed by atoms with van der Waals surface area (Å²) in [6.45, 7) is 5.57. The summed E-state index contributed by atoms with van der Waals surface area (Å²) >= 11 is 0. The predicted octanol–water partition coefficient (Wildman–Crippen LogP) is 2.22. The highest BCUT2D eigenvalue weighted by molar-refractivity contribution is 5.72. The first-order valence-electron chi connectivity index (χ1n) is 5.58. The van der Waals surface area contributed by atoms with Crippen molar-refractivity contribution in [3.05, 3.63) is 36.3 Å². The molecule has 0 fully saturated rings. The molecule has 4 heteroatoms. The number of imidazole rings is 1. The van der Waals surface area contributed by atoms with E-state index in [1.807, 2.05) is 55.8 Å². The second kappa shape index (κ2) is 4.20. The zero-order valence-corrected chi connectivity index (χ0v) is 10.3. The van der Waals surface area contributed by atoms with Crippen molar-refractivity contribution < 1.29 is 9.53 Å². The summed E-state index contributed by atoms with van der Waals surface area (Å²) in [4.78, 5) is 16.0. The van der Waals surface area contributed by atoms with Crippen LogP contribution >= 0.6 is 0 Å². The third kappa shape index (κ3) is 3.06. The van der Waals surface area contributed by atoms with Crippen LogP contribution in [0.5, 0.6) is 0 Å². The van der Waals surface area contributed by atoms with E-state index in [1.54, 1.807) is 0 Å². The highest BCUT2D eigenvalue weighted by atomic mass is 16.6. The molecule has 2 aromatic heterocycles. The highest BCUT2D eigenvalue weighted by Crippen LogP contribution is 2.10. The van der Waals surface area contributed by atoms with Gasteiger partial charge in [-0.1, -0.05) is 6.07 Å². The van der Waals surface area contributed by atoms with E-state index in [0.717, 1.165) is 11.3 Å². The van der Waals surface area contributed by atoms with Crippen molar-refractivity contribution in [1.82, 2.24) is 9.38 Å². The van der Waals surface area contributed by atoms with Gasteiger partial charge in [-0.05, 0) is 32.9 Å². The average Bonchev–Trinajstić information content (AvgIpc) is 2.55. The van der Waals surface area contributed by atoms with Crippen molar-refractivity contribution in [1.29, 1.82) is 0 Å². The Morgan fingerprint density at radius 1 is 1.41 bits per heavy atom. The molecule has 2 aromatic rings. The number of esters is 1. The van der Waals surface area contributed by atoms with E-state index in [2.05, 4.69) is 4.98 Å². The predicted molar refractivity (Wildman–Crippen MR) is 64.7 cm³/mol. The number of hydrogen-bond donors (Lipinski definition) is 0. The summed E-state index contributed by atoms with van der Waals surface area (Å²) in [6, 6.07) is 5.74. The topological polar surface area (TPSA) is 43.6 Å². The molecule has 2 rings (SSSR count). The van der Waals surface area contributed by atoms with Crippen LogP contribution < -0.4 is 0 Å². The van der Waals surface area contributed by atoms with Gasteiger partial charge in [-0.2, -0.15) is 0 Å². The number of fused-ring (bicyclic) bond motifs is 1. The van der Waals surface area contributed by atoms with Gasteiger partial charge >= 0.3 is 5.97 Å². The minimum atomic E-state index is -0.448. The van der Waals surface area contributed by atoms with E-state index >= 15 is 0 Å². The molecule has 0 unspecified atom stereocenters. The maximum absolute atomic E-state index is 11.6. The fraction of sp³-hybridized carbons (Fsp3) is 0.385. The number of carbonyl (C=O) groups is 1. The lowest BCUT2D eigenvalue weighted by Crippen LogP contribution is -2.24. The Kier molecular flexibility index (Phi) is 2.88. The first-order chi connectivity index (χ1) is 7.94. The second-order valence-electron chi connectivity index (χ2n) is 4.96. The quantitative estimate of drug-likeness (QED) is 0.746. The SMILES string of the molecule is CC(C)(C)OC(=O)Cc1cn2ccccc2n1. The average molecular weight is 232 g/mol. The summed E-state index contributed by atoms with van der Waals surface area (Å²) in [5.41, 5.74) is 1.12. The smallest absolute Gasteiger partial charge is 0.312 e. The van der Waals surface area contributed by atoms with Gasteiger partial charge in [-0.15, -0.1) is 0 Å². The van der Waals surface area contributed by atoms with Crippen LogP contribution in [0.25, 0.3) is 5.65 Å². The minimum Gasteiger partial charge on any atom is -0.460 e. The molecule has 0 radical (unpaired) electrons. The number of hydrogen-bond acceptors (Lipinski definition) is 3. The fourth-order valence-electron chi connectivity index (χ4n) is 1.60. The van der Waals surface area contributed by atoms with Gasteiger partial charge < -0.3 is 9.14 Å². The van der Waals surface area contributed by atoms with Gasteiger partial charge in [0.1, 0.15) is 11.2 Å². The first kappa shape index (κ1) is 11.6. The lowest BCUT2D eigenvalue weighted by Gasteiger charge is -2.18. The van der Waals surface area contributed by atoms with Gasteiger partial charge in [0.15, 0.2) is 0 Å². The molecule has 17 heavy (non-hydrogen) atoms. The molecule has 0 aliphatic rings. The molecule has 4 nitrogen and oxygen atoms in total. The van der Waals surface area contributed by atoms with Crippen LogP contribution in [-0.2, 0) is 16.0 Å². The second-order valence-corrected chi connectivity index (χ2v) is 4.96. The number of pyridine rings is 1. The molecule has 0 amide bonds. The van der Waals surface area contributed by atoms with Crippen molar-refractivity contribution in [2.75, 3.05) is 0 Å². The largest absolute Gasteiger partial charge is 0.460 e. The zero-order valence-electron chi connectivity index (χ0n) is 10.3. The van der Waals surface area contributed by atoms with Crippen molar-refractivity contribution >= 4 is 11.6 Å². The molecule has 0 aliphatic carbocycles. The zero-order chi connectivity index (χ0) is 12.5. The Labute approximate surface area is 100 Å². The van der Waals surface area contributed by atoms with Crippen molar-refractivity contribution in [2.45, 2.75) is 32.8 Å². The van der Waals surface area contributed by atoms with E-state index in [0.29, 0.717) is 0 Å². The molecule has 0 spiro atoms. The van der Waals surface area contributed by atoms with Crippen molar-refractivity contribution in [3.8, 4) is 0 Å². The monoisotopic (exact) mass is 232 g/mol. The summed E-state index contributed by atoms with van der Waals surface area (Å²) in [5, 5.41) is 0. The molecule has 90 valence electrons. The molecule has 0 saturated carbocycles. The summed E-state index contributed by atoms with van der Waals surface area (Å²) in [7, 11) is 0. The Morgan fingerprint density at radius 2 is 2.18 bits per heavy atom. The van der Waals surface area contributed by atoms with Crippen LogP contribution in [0.3, 0.4) is 0 Å². The van der Waals surface area contributed by atoms with Gasteiger partial charge in [0.05, 0.1) is 12.1 Å². The Morgan fingerprint density at radius 3 is 2.82 bits per heavy atom. The lowest BCUT2D eigenvalue weighted by molar-refractivity contribution is -0.153. The molecule has 0 bridgehead atoms. The van der Waals surface area contributed by atoms with E-state index in [1.165, 1.54) is 0 Å². The Hall–Kier alpha value is -1.84. The van der Waals surface area contributed by atoms with Crippen LogP contribution in [0.2, 0.25) is 0 Å². The van der Waals surface area contributed by atoms with Crippen LogP contribution in [0.1, 0.15) is 26.5 Å². The maximum Gasteiger partial charge on any atom is 0.312 e. The van der Waals surface area contributed by atoms with Gasteiger partial charge in [0, 0.05) is 12.4 Å².